The van der Waals surface area contributed by atoms with Crippen molar-refractivity contribution in [3.63, 3.8) is 0 Å². The first-order valence-corrected chi connectivity index (χ1v) is 11.5. The van der Waals surface area contributed by atoms with E-state index >= 15 is 4.39 Å². The second kappa shape index (κ2) is 7.12. The van der Waals surface area contributed by atoms with Crippen molar-refractivity contribution in [2.75, 3.05) is 12.3 Å². The summed E-state index contributed by atoms with van der Waals surface area (Å²) in [5, 5.41) is 0.0836. The molecule has 3 aromatic rings. The van der Waals surface area contributed by atoms with E-state index in [9.17, 15) is 8.63 Å². The van der Waals surface area contributed by atoms with Gasteiger partial charge in [-0.15, -0.1) is 0 Å². The van der Waals surface area contributed by atoms with Gasteiger partial charge >= 0.3 is 174 Å². The molecular weight excluding hydrogens is 468 g/mol. The van der Waals surface area contributed by atoms with Gasteiger partial charge in [-0.2, -0.15) is 0 Å². The third kappa shape index (κ3) is 3.41. The fourth-order valence-electron chi connectivity index (χ4n) is 3.38. The second-order valence-electron chi connectivity index (χ2n) is 6.92. The molecule has 11 heteroatoms. The van der Waals surface area contributed by atoms with Crippen molar-refractivity contribution in [1.82, 2.24) is 19.5 Å². The number of nitrogens with zero attached hydrogens (tertiary/aromatic N) is 4. The predicted octanol–water partition coefficient (Wildman–Crippen LogP) is 1.81. The van der Waals surface area contributed by atoms with Crippen molar-refractivity contribution < 1.29 is 17.8 Å². The van der Waals surface area contributed by atoms with Gasteiger partial charge in [0.2, 0.25) is 0 Å². The molecule has 2 N–H and O–H groups in total. The number of carbonyl (C=O) groups is 1. The van der Waals surface area contributed by atoms with E-state index in [0.29, 0.717) is 15.6 Å². The predicted molar refractivity (Wildman–Crippen MR) is 105 cm³/mol. The molecule has 0 spiro atoms. The van der Waals surface area contributed by atoms with Crippen molar-refractivity contribution >= 4 is 53.0 Å². The molecule has 0 saturated heterocycles. The van der Waals surface area contributed by atoms with Gasteiger partial charge < -0.3 is 0 Å². The summed E-state index contributed by atoms with van der Waals surface area (Å²) < 4.78 is 35.0. The molecule has 1 aliphatic carbocycles. The molecule has 1 aromatic carbocycles. The van der Waals surface area contributed by atoms with E-state index in [-0.39, 0.29) is 24.1 Å². The molecule has 2 aromatic heterocycles. The number of esters is 1. The summed E-state index contributed by atoms with van der Waals surface area (Å²) in [4.78, 5) is 23.4. The SMILES string of the molecule is CC(=O)OC[C@]1(F)C[C@]1(Cn1cnc2c(Cl)nc(N)nc21)[Se](=O)c1ccccc1. The van der Waals surface area contributed by atoms with Gasteiger partial charge in [0.05, 0.1) is 0 Å². The summed E-state index contributed by atoms with van der Waals surface area (Å²) in [6, 6.07) is 8.74. The van der Waals surface area contributed by atoms with E-state index in [1.165, 1.54) is 13.3 Å². The zero-order valence-electron chi connectivity index (χ0n) is 15.3. The number of benzene rings is 1. The topological polar surface area (TPSA) is 113 Å². The molecule has 0 radical (unpaired) electrons. The number of aromatic nitrogens is 4. The molecule has 8 nitrogen and oxygen atoms in total. The maximum absolute atomic E-state index is 15.7. The number of imidazole rings is 1. The molecule has 0 aliphatic heterocycles. The van der Waals surface area contributed by atoms with Crippen LogP contribution < -0.4 is 10.2 Å². The number of halogens is 2. The number of nitrogens with two attached hydrogens (primary N) is 1. The van der Waals surface area contributed by atoms with Crippen molar-refractivity contribution in [3.05, 3.63) is 41.8 Å². The Hall–Kier alpha value is -2.42. The fraction of sp³-hybridized carbons (Fsp3) is 0.333. The number of rotatable bonds is 6. The second-order valence-corrected chi connectivity index (χ2v) is 11.0. The molecule has 3 atom stereocenters. The van der Waals surface area contributed by atoms with Gasteiger partial charge in [0.25, 0.3) is 0 Å². The van der Waals surface area contributed by atoms with Crippen LogP contribution in [0.1, 0.15) is 13.3 Å². The van der Waals surface area contributed by atoms with Crippen LogP contribution in [0.2, 0.25) is 9.47 Å². The van der Waals surface area contributed by atoms with Gasteiger partial charge in [0.15, 0.2) is 0 Å². The van der Waals surface area contributed by atoms with Crippen LogP contribution in [-0.4, -0.2) is 51.6 Å². The zero-order valence-corrected chi connectivity index (χ0v) is 17.8. The van der Waals surface area contributed by atoms with Crippen LogP contribution in [-0.2, 0) is 19.9 Å². The molecule has 4 rings (SSSR count). The quantitative estimate of drug-likeness (QED) is 0.322. The van der Waals surface area contributed by atoms with Gasteiger partial charge in [0, 0.05) is 0 Å². The summed E-state index contributed by atoms with van der Waals surface area (Å²) in [6.45, 7) is 0.777. The molecule has 1 fully saturated rings. The van der Waals surface area contributed by atoms with Crippen molar-refractivity contribution in [3.8, 4) is 0 Å². The number of alkyl halides is 1. The molecule has 0 bridgehead atoms. The van der Waals surface area contributed by atoms with Crippen LogP contribution in [0.25, 0.3) is 11.2 Å². The van der Waals surface area contributed by atoms with Gasteiger partial charge in [-0.1, -0.05) is 0 Å². The Morgan fingerprint density at radius 2 is 2.10 bits per heavy atom. The van der Waals surface area contributed by atoms with Gasteiger partial charge in [-0.25, -0.2) is 0 Å². The molecule has 2 heterocycles. The summed E-state index contributed by atoms with van der Waals surface area (Å²) in [7, 11) is 0. The van der Waals surface area contributed by atoms with Crippen molar-refractivity contribution in [2.45, 2.75) is 29.9 Å². The van der Waals surface area contributed by atoms with Crippen LogP contribution >= 0.6 is 11.6 Å². The molecule has 29 heavy (non-hydrogen) atoms. The van der Waals surface area contributed by atoms with E-state index in [0.717, 1.165) is 0 Å². The molecular formula is C18H17ClFN5O3Se. The first kappa shape index (κ1) is 19.9. The van der Waals surface area contributed by atoms with E-state index in [1.807, 2.05) is 0 Å². The van der Waals surface area contributed by atoms with Gasteiger partial charge in [0.1, 0.15) is 0 Å². The summed E-state index contributed by atoms with van der Waals surface area (Å²) >= 11 is 3.17. The molecule has 1 saturated carbocycles. The van der Waals surface area contributed by atoms with E-state index in [1.54, 1.807) is 34.9 Å². The average molecular weight is 485 g/mol. The average Bonchev–Trinajstić information content (AvgIpc) is 3.07. The Morgan fingerprint density at radius 1 is 1.38 bits per heavy atom. The Kier molecular flexibility index (Phi) is 4.88. The van der Waals surface area contributed by atoms with Crippen molar-refractivity contribution in [1.29, 1.82) is 0 Å². The third-order valence-electron chi connectivity index (χ3n) is 4.94. The van der Waals surface area contributed by atoms with Crippen LogP contribution in [0.4, 0.5) is 10.3 Å². The Balaban J connectivity index is 1.75. The number of fused-ring (bicyclic) bond motifs is 1. The number of hydrogen-bond donors (Lipinski definition) is 1. The van der Waals surface area contributed by atoms with Crippen LogP contribution in [0.5, 0.6) is 0 Å². The molecule has 152 valence electrons. The fourth-order valence-corrected chi connectivity index (χ4v) is 7.51. The number of carbonyl (C=O) groups excluding carboxylic acids is 1. The minimum absolute atomic E-state index is 0.00961. The van der Waals surface area contributed by atoms with Crippen LogP contribution in [0.3, 0.4) is 0 Å². The number of nitrogen functional groups attached to an aromatic ring is 1. The number of hydrogen-bond acceptors (Lipinski definition) is 7. The standard InChI is InChI=1S/C18H17ClFN5O3Se/c1-11(26)28-9-17(20)7-18(17,29(27)12-5-3-2-4-6-12)8-25-10-22-13-14(19)23-16(21)24-15(13)25/h2-6,10H,7-9H2,1H3,(H2,21,23,24)/t17-,18-,29?/m1/s1. The Labute approximate surface area is 174 Å². The first-order valence-electron chi connectivity index (χ1n) is 8.69. The monoisotopic (exact) mass is 485 g/mol. The summed E-state index contributed by atoms with van der Waals surface area (Å²) in [5.41, 5.74) is 4.42. The van der Waals surface area contributed by atoms with Gasteiger partial charge in [-0.3, -0.25) is 0 Å². The third-order valence-corrected chi connectivity index (χ3v) is 9.50. The van der Waals surface area contributed by atoms with Gasteiger partial charge in [-0.05, 0) is 0 Å². The maximum atomic E-state index is 15.7. The summed E-state index contributed by atoms with van der Waals surface area (Å²) in [6.07, 6.45) is 1.44. The normalized spacial score (nSPS) is 24.4. The van der Waals surface area contributed by atoms with E-state index in [2.05, 4.69) is 15.0 Å². The van der Waals surface area contributed by atoms with E-state index < -0.39 is 36.4 Å². The molecule has 1 unspecified atom stereocenters. The minimum atomic E-state index is -2.90. The van der Waals surface area contributed by atoms with Crippen LogP contribution in [0, 0.1) is 0 Å². The summed E-state index contributed by atoms with van der Waals surface area (Å²) in [5.74, 6) is -0.636. The Bertz CT molecular complexity index is 1130. The zero-order chi connectivity index (χ0) is 20.8. The molecule has 0 amide bonds. The molecule has 1 aliphatic rings. The van der Waals surface area contributed by atoms with Crippen molar-refractivity contribution in [2.24, 2.45) is 0 Å². The number of anilines is 1. The van der Waals surface area contributed by atoms with Crippen LogP contribution in [0.15, 0.2) is 36.7 Å². The number of ether oxygens (including phenoxy) is 1. The first-order chi connectivity index (χ1) is 13.8. The van der Waals surface area contributed by atoms with E-state index in [4.69, 9.17) is 22.1 Å². The Morgan fingerprint density at radius 3 is 2.79 bits per heavy atom.